The van der Waals surface area contributed by atoms with Gasteiger partial charge in [-0.1, -0.05) is 72.3 Å². The molecule has 1 aliphatic heterocycles. The number of aliphatic imine (C=N–C) groups is 1. The zero-order valence-corrected chi connectivity index (χ0v) is 20.3. The van der Waals surface area contributed by atoms with Crippen LogP contribution in [0, 0.1) is 6.92 Å². The molecule has 5 aromatic rings. The summed E-state index contributed by atoms with van der Waals surface area (Å²) in [5.74, 6) is 1.71. The summed E-state index contributed by atoms with van der Waals surface area (Å²) in [5, 5.41) is 8.12. The Balaban J connectivity index is 1.54. The molecule has 1 aromatic heterocycles. The Morgan fingerprint density at radius 3 is 2.31 bits per heavy atom. The lowest BCUT2D eigenvalue weighted by atomic mass is 9.94. The third-order valence-electron chi connectivity index (χ3n) is 6.70. The summed E-state index contributed by atoms with van der Waals surface area (Å²) < 4.78 is 7.47. The highest BCUT2D eigenvalue weighted by Crippen LogP contribution is 2.42. The number of aryl methyl sites for hydroxylation is 1. The number of hydrogen-bond acceptors (Lipinski definition) is 3. The molecular weight excluding hydrogens is 454 g/mol. The minimum absolute atomic E-state index is 0.0228. The molecule has 6 rings (SSSR count). The molecule has 35 heavy (non-hydrogen) atoms. The maximum Gasteiger partial charge on any atom is 0.159 e. The second kappa shape index (κ2) is 8.71. The predicted molar refractivity (Wildman–Crippen MR) is 143 cm³/mol. The van der Waals surface area contributed by atoms with E-state index in [0.717, 1.165) is 46.1 Å². The van der Waals surface area contributed by atoms with E-state index in [0.29, 0.717) is 5.02 Å². The van der Waals surface area contributed by atoms with Gasteiger partial charge in [-0.05, 0) is 64.7 Å². The molecule has 0 saturated heterocycles. The molecule has 0 amide bonds. The van der Waals surface area contributed by atoms with Crippen LogP contribution in [-0.4, -0.2) is 22.6 Å². The molecule has 172 valence electrons. The van der Waals surface area contributed by atoms with Gasteiger partial charge in [0.2, 0.25) is 0 Å². The first-order valence-electron chi connectivity index (χ1n) is 11.7. The van der Waals surface area contributed by atoms with Crippen LogP contribution in [0.25, 0.3) is 21.9 Å². The Kier molecular flexibility index (Phi) is 5.39. The molecule has 4 nitrogen and oxygen atoms in total. The minimum Gasteiger partial charge on any atom is -0.497 e. The first-order valence-corrected chi connectivity index (χ1v) is 12.0. The van der Waals surface area contributed by atoms with Crippen LogP contribution >= 0.6 is 11.6 Å². The Hall–Kier alpha value is -3.89. The number of benzene rings is 4. The second-order valence-corrected chi connectivity index (χ2v) is 9.29. The van der Waals surface area contributed by atoms with Crippen LogP contribution < -0.4 is 4.74 Å². The summed E-state index contributed by atoms with van der Waals surface area (Å²) in [6.45, 7) is 2.05. The molecule has 0 bridgehead atoms. The summed E-state index contributed by atoms with van der Waals surface area (Å²) in [6, 6.07) is 31.2. The van der Waals surface area contributed by atoms with Crippen molar-refractivity contribution in [3.05, 3.63) is 113 Å². The zero-order chi connectivity index (χ0) is 23.9. The number of rotatable bonds is 4. The molecule has 0 aliphatic carbocycles. The molecular formula is C30H24ClN3O. The van der Waals surface area contributed by atoms with Gasteiger partial charge in [-0.25, -0.2) is 9.67 Å². The molecule has 0 saturated carbocycles. The number of methoxy groups -OCH3 is 1. The van der Waals surface area contributed by atoms with Crippen LogP contribution in [0.3, 0.4) is 0 Å². The van der Waals surface area contributed by atoms with Gasteiger partial charge in [0, 0.05) is 17.0 Å². The maximum atomic E-state index is 6.18. The number of aromatic nitrogens is 2. The minimum atomic E-state index is 0.0228. The van der Waals surface area contributed by atoms with Crippen LogP contribution in [0.1, 0.15) is 29.3 Å². The number of nitrogens with zero attached hydrogens (tertiary/aromatic N) is 3. The van der Waals surface area contributed by atoms with Gasteiger partial charge in [-0.2, -0.15) is 5.10 Å². The highest BCUT2D eigenvalue weighted by Gasteiger charge is 2.29. The molecule has 0 N–H and O–H groups in total. The summed E-state index contributed by atoms with van der Waals surface area (Å²) in [7, 11) is 1.69. The van der Waals surface area contributed by atoms with E-state index in [1.54, 1.807) is 7.11 Å². The number of halogens is 1. The third kappa shape index (κ3) is 3.90. The molecule has 1 aliphatic rings. The molecule has 0 fully saturated rings. The van der Waals surface area contributed by atoms with Gasteiger partial charge >= 0.3 is 0 Å². The highest BCUT2D eigenvalue weighted by atomic mass is 35.5. The standard InChI is InChI=1S/C30H24ClN3O/c1-19-29(22-9-13-25(31)14-10-22)30-32-27(24-8-7-20-5-3-4-6-23(20)17-24)18-28(34(30)33-19)21-11-15-26(35-2)16-12-21/h3-17,28H,18H2,1-2H3/t28-/m0/s1. The first kappa shape index (κ1) is 21.6. The van der Waals surface area contributed by atoms with Crippen molar-refractivity contribution in [2.24, 2.45) is 4.99 Å². The van der Waals surface area contributed by atoms with Gasteiger partial charge in [0.15, 0.2) is 5.82 Å². The van der Waals surface area contributed by atoms with E-state index < -0.39 is 0 Å². The molecule has 2 heterocycles. The molecule has 5 heteroatoms. The quantitative estimate of drug-likeness (QED) is 0.265. The van der Waals surface area contributed by atoms with Gasteiger partial charge in [0.05, 0.1) is 24.6 Å². The van der Waals surface area contributed by atoms with E-state index in [1.165, 1.54) is 16.3 Å². The Bertz CT molecular complexity index is 1570. The van der Waals surface area contributed by atoms with Crippen molar-refractivity contribution in [3.8, 4) is 16.9 Å². The lowest BCUT2D eigenvalue weighted by Gasteiger charge is -2.25. The van der Waals surface area contributed by atoms with Gasteiger partial charge in [-0.15, -0.1) is 0 Å². The fourth-order valence-corrected chi connectivity index (χ4v) is 5.02. The highest BCUT2D eigenvalue weighted by molar-refractivity contribution is 6.30. The first-order chi connectivity index (χ1) is 17.1. The normalized spacial score (nSPS) is 15.1. The van der Waals surface area contributed by atoms with E-state index in [1.807, 2.05) is 43.3 Å². The second-order valence-electron chi connectivity index (χ2n) is 8.85. The SMILES string of the molecule is COc1ccc([C@@H]2CC(c3ccc4ccccc4c3)=Nc3c(-c4ccc(Cl)cc4)c(C)nn32)cc1. The van der Waals surface area contributed by atoms with Crippen molar-refractivity contribution < 1.29 is 4.74 Å². The predicted octanol–water partition coefficient (Wildman–Crippen LogP) is 7.79. The molecule has 0 unspecified atom stereocenters. The monoisotopic (exact) mass is 477 g/mol. The number of ether oxygens (including phenoxy) is 1. The van der Waals surface area contributed by atoms with Gasteiger partial charge in [-0.3, -0.25) is 0 Å². The van der Waals surface area contributed by atoms with Crippen LogP contribution in [-0.2, 0) is 0 Å². The number of hydrogen-bond donors (Lipinski definition) is 0. The molecule has 4 aromatic carbocycles. The average molecular weight is 478 g/mol. The zero-order valence-electron chi connectivity index (χ0n) is 19.6. The van der Waals surface area contributed by atoms with Gasteiger partial charge < -0.3 is 4.74 Å². The van der Waals surface area contributed by atoms with E-state index in [4.69, 9.17) is 26.4 Å². The Labute approximate surface area is 209 Å². The molecule has 0 spiro atoms. The van der Waals surface area contributed by atoms with Crippen LogP contribution in [0.15, 0.2) is 96.0 Å². The van der Waals surface area contributed by atoms with Crippen molar-refractivity contribution in [2.75, 3.05) is 7.11 Å². The van der Waals surface area contributed by atoms with E-state index in [9.17, 15) is 0 Å². The Morgan fingerprint density at radius 1 is 0.857 bits per heavy atom. The summed E-state index contributed by atoms with van der Waals surface area (Å²) >= 11 is 6.18. The fraction of sp³-hybridized carbons (Fsp3) is 0.133. The lowest BCUT2D eigenvalue weighted by Crippen LogP contribution is -2.21. The van der Waals surface area contributed by atoms with Crippen molar-refractivity contribution in [1.29, 1.82) is 0 Å². The van der Waals surface area contributed by atoms with Crippen LogP contribution in [0.5, 0.6) is 5.75 Å². The topological polar surface area (TPSA) is 39.4 Å². The van der Waals surface area contributed by atoms with Crippen LogP contribution in [0.2, 0.25) is 5.02 Å². The average Bonchev–Trinajstić information content (AvgIpc) is 3.24. The lowest BCUT2D eigenvalue weighted by molar-refractivity contribution is 0.414. The number of fused-ring (bicyclic) bond motifs is 2. The molecule has 1 atom stereocenters. The van der Waals surface area contributed by atoms with E-state index >= 15 is 0 Å². The molecule has 0 radical (unpaired) electrons. The smallest absolute Gasteiger partial charge is 0.159 e. The van der Waals surface area contributed by atoms with Crippen molar-refractivity contribution in [2.45, 2.75) is 19.4 Å². The van der Waals surface area contributed by atoms with E-state index in [2.05, 4.69) is 59.3 Å². The van der Waals surface area contributed by atoms with Crippen molar-refractivity contribution in [3.63, 3.8) is 0 Å². The largest absolute Gasteiger partial charge is 0.497 e. The summed E-state index contributed by atoms with van der Waals surface area (Å²) in [4.78, 5) is 5.21. The van der Waals surface area contributed by atoms with Crippen LogP contribution in [0.4, 0.5) is 5.82 Å². The van der Waals surface area contributed by atoms with Gasteiger partial charge in [0.25, 0.3) is 0 Å². The third-order valence-corrected chi connectivity index (χ3v) is 6.95. The van der Waals surface area contributed by atoms with Gasteiger partial charge in [0.1, 0.15) is 5.75 Å². The summed E-state index contributed by atoms with van der Waals surface area (Å²) in [5.41, 5.74) is 6.41. The fourth-order valence-electron chi connectivity index (χ4n) is 4.89. The van der Waals surface area contributed by atoms with Crippen molar-refractivity contribution >= 4 is 33.9 Å². The van der Waals surface area contributed by atoms with E-state index in [-0.39, 0.29) is 6.04 Å². The Morgan fingerprint density at radius 2 is 1.57 bits per heavy atom. The van der Waals surface area contributed by atoms with Crippen molar-refractivity contribution in [1.82, 2.24) is 9.78 Å². The summed E-state index contributed by atoms with van der Waals surface area (Å²) in [6.07, 6.45) is 0.749. The maximum absolute atomic E-state index is 6.18.